The van der Waals surface area contributed by atoms with E-state index in [0.29, 0.717) is 6.54 Å². The second kappa shape index (κ2) is 9.26. The summed E-state index contributed by atoms with van der Waals surface area (Å²) in [5.41, 5.74) is 2.54. The largest absolute Gasteiger partial charge is 0.351 e. The fourth-order valence-corrected chi connectivity index (χ4v) is 3.36. The van der Waals surface area contributed by atoms with E-state index in [0.717, 1.165) is 25.9 Å². The van der Waals surface area contributed by atoms with Crippen LogP contribution in [0.4, 0.5) is 0 Å². The number of hydrogen-bond acceptors (Lipinski definition) is 3. The molecule has 1 unspecified atom stereocenters. The molecule has 0 aliphatic carbocycles. The van der Waals surface area contributed by atoms with Gasteiger partial charge in [-0.05, 0) is 56.4 Å². The van der Waals surface area contributed by atoms with Gasteiger partial charge in [0.2, 0.25) is 5.91 Å². The maximum atomic E-state index is 12.0. The van der Waals surface area contributed by atoms with Crippen LogP contribution in [0.3, 0.4) is 0 Å². The number of benzene rings is 1. The molecule has 128 valence electrons. The first-order valence-corrected chi connectivity index (χ1v) is 8.62. The number of nitrogens with one attached hydrogen (secondary N) is 2. The molecule has 0 saturated carbocycles. The molecular formula is C18H28ClN3O. The van der Waals surface area contributed by atoms with Crippen molar-refractivity contribution in [2.45, 2.75) is 51.2 Å². The van der Waals surface area contributed by atoms with Gasteiger partial charge in [-0.15, -0.1) is 12.4 Å². The van der Waals surface area contributed by atoms with E-state index in [2.05, 4.69) is 39.8 Å². The average molecular weight is 338 g/mol. The molecule has 2 saturated heterocycles. The zero-order valence-electron chi connectivity index (χ0n) is 13.7. The summed E-state index contributed by atoms with van der Waals surface area (Å²) in [6.07, 6.45) is 6.10. The minimum absolute atomic E-state index is 0. The Morgan fingerprint density at radius 3 is 2.43 bits per heavy atom. The number of rotatable bonds is 5. The van der Waals surface area contributed by atoms with Crippen molar-refractivity contribution < 1.29 is 4.79 Å². The van der Waals surface area contributed by atoms with Crippen molar-refractivity contribution >= 4 is 18.3 Å². The van der Waals surface area contributed by atoms with Gasteiger partial charge in [-0.1, -0.05) is 30.7 Å². The highest BCUT2D eigenvalue weighted by molar-refractivity contribution is 5.85. The van der Waals surface area contributed by atoms with Gasteiger partial charge in [-0.25, -0.2) is 0 Å². The lowest BCUT2D eigenvalue weighted by atomic mass is 10.1. The first-order chi connectivity index (χ1) is 10.8. The van der Waals surface area contributed by atoms with E-state index < -0.39 is 0 Å². The second-order valence-electron chi connectivity index (χ2n) is 6.52. The van der Waals surface area contributed by atoms with Gasteiger partial charge in [0, 0.05) is 13.1 Å². The number of piperidine rings is 1. The summed E-state index contributed by atoms with van der Waals surface area (Å²) < 4.78 is 0. The molecule has 0 bridgehead atoms. The number of carbonyl (C=O) groups is 1. The van der Waals surface area contributed by atoms with Crippen LogP contribution >= 0.6 is 12.4 Å². The summed E-state index contributed by atoms with van der Waals surface area (Å²) in [4.78, 5) is 14.5. The van der Waals surface area contributed by atoms with Gasteiger partial charge in [0.25, 0.3) is 0 Å². The fourth-order valence-electron chi connectivity index (χ4n) is 3.36. The third-order valence-corrected chi connectivity index (χ3v) is 4.72. The lowest BCUT2D eigenvalue weighted by Gasteiger charge is -2.26. The predicted octanol–water partition coefficient (Wildman–Crippen LogP) is 2.46. The molecule has 2 N–H and O–H groups in total. The van der Waals surface area contributed by atoms with Gasteiger partial charge in [0.1, 0.15) is 0 Å². The van der Waals surface area contributed by atoms with Crippen LogP contribution in [0.5, 0.6) is 0 Å². The Hall–Kier alpha value is -1.10. The van der Waals surface area contributed by atoms with Crippen LogP contribution < -0.4 is 10.6 Å². The molecule has 3 rings (SSSR count). The summed E-state index contributed by atoms with van der Waals surface area (Å²) >= 11 is 0. The standard InChI is InChI=1S/C18H27N3O.ClH/c22-18(17-5-4-10-19-17)20-13-15-6-8-16(9-7-15)14-21-11-2-1-3-12-21;/h6-9,17,19H,1-5,10-14H2,(H,20,22);1H. The molecule has 0 spiro atoms. The molecule has 2 fully saturated rings. The lowest BCUT2D eigenvalue weighted by molar-refractivity contribution is -0.122. The highest BCUT2D eigenvalue weighted by Crippen LogP contribution is 2.13. The molecule has 2 heterocycles. The van der Waals surface area contributed by atoms with Crippen LogP contribution in [0.1, 0.15) is 43.2 Å². The van der Waals surface area contributed by atoms with E-state index in [9.17, 15) is 4.79 Å². The van der Waals surface area contributed by atoms with Crippen LogP contribution in [0.15, 0.2) is 24.3 Å². The summed E-state index contributed by atoms with van der Waals surface area (Å²) in [5.74, 6) is 0.134. The van der Waals surface area contributed by atoms with Crippen molar-refractivity contribution in [1.29, 1.82) is 0 Å². The van der Waals surface area contributed by atoms with Gasteiger partial charge in [-0.2, -0.15) is 0 Å². The summed E-state index contributed by atoms with van der Waals surface area (Å²) in [7, 11) is 0. The Morgan fingerprint density at radius 1 is 1.09 bits per heavy atom. The molecule has 1 aromatic carbocycles. The van der Waals surface area contributed by atoms with Crippen molar-refractivity contribution in [2.75, 3.05) is 19.6 Å². The molecule has 5 heteroatoms. The van der Waals surface area contributed by atoms with Crippen LogP contribution in [0, 0.1) is 0 Å². The first kappa shape index (κ1) is 18.2. The van der Waals surface area contributed by atoms with E-state index >= 15 is 0 Å². The average Bonchev–Trinajstić information content (AvgIpc) is 3.09. The second-order valence-corrected chi connectivity index (χ2v) is 6.52. The van der Waals surface area contributed by atoms with E-state index in [1.54, 1.807) is 0 Å². The number of hydrogen-bond donors (Lipinski definition) is 2. The summed E-state index contributed by atoms with van der Waals surface area (Å²) in [5, 5.41) is 6.26. The lowest BCUT2D eigenvalue weighted by Crippen LogP contribution is -2.39. The highest BCUT2D eigenvalue weighted by Gasteiger charge is 2.21. The maximum Gasteiger partial charge on any atom is 0.237 e. The Morgan fingerprint density at radius 2 is 1.78 bits per heavy atom. The maximum absolute atomic E-state index is 12.0. The third-order valence-electron chi connectivity index (χ3n) is 4.72. The fraction of sp³-hybridized carbons (Fsp3) is 0.611. The molecule has 1 atom stereocenters. The molecule has 0 aromatic heterocycles. The summed E-state index contributed by atoms with van der Waals surface area (Å²) in [6, 6.07) is 8.69. The molecule has 1 aromatic rings. The molecular weight excluding hydrogens is 310 g/mol. The van der Waals surface area contributed by atoms with Crippen molar-refractivity contribution in [3.8, 4) is 0 Å². The van der Waals surface area contributed by atoms with Crippen LogP contribution in [-0.4, -0.2) is 36.5 Å². The minimum atomic E-state index is 0. The van der Waals surface area contributed by atoms with Gasteiger partial charge in [0.15, 0.2) is 0 Å². The van der Waals surface area contributed by atoms with Crippen molar-refractivity contribution in [3.05, 3.63) is 35.4 Å². The zero-order chi connectivity index (χ0) is 15.2. The monoisotopic (exact) mass is 337 g/mol. The number of amides is 1. The van der Waals surface area contributed by atoms with Crippen molar-refractivity contribution in [2.24, 2.45) is 0 Å². The van der Waals surface area contributed by atoms with Crippen molar-refractivity contribution in [1.82, 2.24) is 15.5 Å². The highest BCUT2D eigenvalue weighted by atomic mass is 35.5. The molecule has 2 aliphatic heterocycles. The number of likely N-dealkylation sites (tertiary alicyclic amines) is 1. The number of carbonyl (C=O) groups excluding carboxylic acids is 1. The van der Waals surface area contributed by atoms with E-state index in [-0.39, 0.29) is 24.4 Å². The van der Waals surface area contributed by atoms with Crippen LogP contribution in [0.25, 0.3) is 0 Å². The molecule has 23 heavy (non-hydrogen) atoms. The van der Waals surface area contributed by atoms with E-state index in [4.69, 9.17) is 0 Å². The predicted molar refractivity (Wildman–Crippen MR) is 95.7 cm³/mol. The first-order valence-electron chi connectivity index (χ1n) is 8.62. The Balaban J connectivity index is 0.00000192. The summed E-state index contributed by atoms with van der Waals surface area (Å²) in [6.45, 7) is 5.10. The molecule has 0 radical (unpaired) electrons. The van der Waals surface area contributed by atoms with E-state index in [1.165, 1.54) is 43.5 Å². The number of halogens is 1. The van der Waals surface area contributed by atoms with E-state index in [1.807, 2.05) is 0 Å². The van der Waals surface area contributed by atoms with Crippen LogP contribution in [-0.2, 0) is 17.9 Å². The van der Waals surface area contributed by atoms with Crippen LogP contribution in [0.2, 0.25) is 0 Å². The minimum Gasteiger partial charge on any atom is -0.351 e. The molecule has 4 nitrogen and oxygen atoms in total. The molecule has 2 aliphatic rings. The topological polar surface area (TPSA) is 44.4 Å². The molecule has 1 amide bonds. The SMILES string of the molecule is Cl.O=C(NCc1ccc(CN2CCCCC2)cc1)C1CCCN1. The smallest absolute Gasteiger partial charge is 0.237 e. The van der Waals surface area contributed by atoms with Gasteiger partial charge >= 0.3 is 0 Å². The van der Waals surface area contributed by atoms with Gasteiger partial charge in [-0.3, -0.25) is 9.69 Å². The van der Waals surface area contributed by atoms with Gasteiger partial charge in [0.05, 0.1) is 6.04 Å². The Kier molecular flexibility index (Phi) is 7.34. The Bertz CT molecular complexity index is 480. The Labute approximate surface area is 145 Å². The quantitative estimate of drug-likeness (QED) is 0.867. The zero-order valence-corrected chi connectivity index (χ0v) is 14.5. The van der Waals surface area contributed by atoms with Gasteiger partial charge < -0.3 is 10.6 Å². The number of nitrogens with zero attached hydrogens (tertiary/aromatic N) is 1. The normalized spacial score (nSPS) is 21.7. The third kappa shape index (κ3) is 5.48. The van der Waals surface area contributed by atoms with Crippen molar-refractivity contribution in [3.63, 3.8) is 0 Å².